The van der Waals surface area contributed by atoms with E-state index in [0.717, 1.165) is 50.9 Å². The van der Waals surface area contributed by atoms with E-state index in [0.29, 0.717) is 38.6 Å². The molecule has 8 N–H and O–H groups in total. The fourth-order valence-electron chi connectivity index (χ4n) is 11.1. The highest BCUT2D eigenvalue weighted by Crippen LogP contribution is 2.47. The van der Waals surface area contributed by atoms with Crippen molar-refractivity contribution in [3.8, 4) is 35.1 Å². The first-order valence-corrected chi connectivity index (χ1v) is 42.7. The second-order valence-electron chi connectivity index (χ2n) is 31.6. The minimum absolute atomic E-state index is 0.00638. The van der Waals surface area contributed by atoms with E-state index in [4.69, 9.17) is 39.3 Å². The third-order valence-electron chi connectivity index (χ3n) is 20.5. The zero-order chi connectivity index (χ0) is 72.9. The fraction of sp³-hybridized carbons (Fsp3) is 0.600. The van der Waals surface area contributed by atoms with Crippen molar-refractivity contribution in [2.75, 3.05) is 46.2 Å². The predicted molar refractivity (Wildman–Crippen MR) is 389 cm³/mol. The van der Waals surface area contributed by atoms with Crippen molar-refractivity contribution >= 4 is 49.0 Å². The van der Waals surface area contributed by atoms with E-state index < -0.39 is 90.6 Å². The third kappa shape index (κ3) is 20.9. The summed E-state index contributed by atoms with van der Waals surface area (Å²) in [6, 6.07) is 29.5. The second-order valence-corrected chi connectivity index (χ2v) is 46.0. The van der Waals surface area contributed by atoms with Crippen LogP contribution in [-0.2, 0) is 41.8 Å². The molecule has 0 radical (unpaired) electrons. The molecule has 2 unspecified atom stereocenters. The van der Waals surface area contributed by atoms with E-state index in [1.807, 2.05) is 94.5 Å². The zero-order valence-electron chi connectivity index (χ0n) is 62.1. The SMILES string of the molecule is CC(C)(C)[Si](C)(C)OC[C@H](NC(=O)OCC1c2ccccc2-c2ccccc21)C(=O)O.CC(C)CC(N)[C@H](O)[C@@]1(CO[Si](C)(C)C(C)(C)C)CO1.CC[C@]1([C@@H](O)C(CC(C)C)NC(=O)[C@H](CO[Si](C)(C)C(C)(C)C)NC(=O)OCC2c3ccccc3-c3ccccc32)CO1.[2H]C#C. The molecule has 4 aliphatic rings. The summed E-state index contributed by atoms with van der Waals surface area (Å²) in [5.74, 6) is -1.04. The molecule has 2 fully saturated rings. The molecule has 0 aromatic heterocycles. The molecule has 2 aliphatic carbocycles. The van der Waals surface area contributed by atoms with Gasteiger partial charge in [0.05, 0.1) is 39.1 Å². The maximum atomic E-state index is 13.8. The summed E-state index contributed by atoms with van der Waals surface area (Å²) in [5, 5.41) is 39.5. The Labute approximate surface area is 578 Å². The molecule has 21 heteroatoms. The summed E-state index contributed by atoms with van der Waals surface area (Å²) in [7, 11) is -6.20. The van der Waals surface area contributed by atoms with Gasteiger partial charge < -0.3 is 69.2 Å². The Morgan fingerprint density at radius 3 is 1.24 bits per heavy atom. The molecule has 0 saturated carbocycles. The average Bonchev–Trinajstić information content (AvgIpc) is 1.64. The number of fused-ring (bicyclic) bond motifs is 6. The van der Waals surface area contributed by atoms with E-state index in [1.165, 1.54) is 6.40 Å². The van der Waals surface area contributed by atoms with Crippen LogP contribution in [0.25, 0.3) is 22.3 Å². The summed E-state index contributed by atoms with van der Waals surface area (Å²) in [4.78, 5) is 51.1. The van der Waals surface area contributed by atoms with Gasteiger partial charge in [-0.15, -0.1) is 12.8 Å². The van der Waals surface area contributed by atoms with Gasteiger partial charge in [-0.3, -0.25) is 4.79 Å². The lowest BCUT2D eigenvalue weighted by atomic mass is 9.89. The Balaban J connectivity index is 0.000000275. The second kappa shape index (κ2) is 33.4. The fourth-order valence-corrected chi connectivity index (χ4v) is 14.1. The number of aliphatic hydroxyl groups excluding tert-OH is 2. The van der Waals surface area contributed by atoms with Crippen molar-refractivity contribution in [2.45, 2.75) is 230 Å². The first-order chi connectivity index (χ1) is 45.0. The van der Waals surface area contributed by atoms with Gasteiger partial charge >= 0.3 is 18.2 Å². The first-order valence-electron chi connectivity index (χ1n) is 34.5. The summed E-state index contributed by atoms with van der Waals surface area (Å²) >= 11 is 0. The Morgan fingerprint density at radius 1 is 0.583 bits per heavy atom. The van der Waals surface area contributed by atoms with E-state index in [9.17, 15) is 34.5 Å². The molecule has 8 rings (SSSR count). The smallest absolute Gasteiger partial charge is 0.407 e. The number of hydrogen-bond acceptors (Lipinski definition) is 14. The molecular weight excluding hydrogens is 1270 g/mol. The number of aliphatic hydroxyl groups is 2. The van der Waals surface area contributed by atoms with Crippen LogP contribution in [0.15, 0.2) is 97.1 Å². The molecule has 3 amide bonds. The van der Waals surface area contributed by atoms with Crippen LogP contribution in [0, 0.1) is 24.7 Å². The van der Waals surface area contributed by atoms with Gasteiger partial charge in [0.25, 0.3) is 0 Å². The number of amides is 3. The monoisotopic (exact) mass is 1380 g/mol. The molecule has 532 valence electrons. The van der Waals surface area contributed by atoms with Crippen LogP contribution in [0.5, 0.6) is 0 Å². The number of ether oxygens (including phenoxy) is 4. The Morgan fingerprint density at radius 2 is 0.917 bits per heavy atom. The highest BCUT2D eigenvalue weighted by molar-refractivity contribution is 6.75. The number of nitrogens with one attached hydrogen (secondary N) is 3. The van der Waals surface area contributed by atoms with Crippen molar-refractivity contribution in [2.24, 2.45) is 17.6 Å². The summed E-state index contributed by atoms with van der Waals surface area (Å²) < 4.78 is 46.7. The molecule has 0 spiro atoms. The number of terminal acetylenes is 1. The van der Waals surface area contributed by atoms with Crippen LogP contribution in [0.4, 0.5) is 9.59 Å². The summed E-state index contributed by atoms with van der Waals surface area (Å²) in [6.45, 7) is 43.9. The van der Waals surface area contributed by atoms with E-state index >= 15 is 0 Å². The molecule has 2 aliphatic heterocycles. The van der Waals surface area contributed by atoms with E-state index in [-0.39, 0.29) is 65.3 Å². The molecular formula is C75H116N4O14Si3. The number of carboxylic acids is 1. The van der Waals surface area contributed by atoms with Gasteiger partial charge in [-0.05, 0) is 130 Å². The van der Waals surface area contributed by atoms with Crippen molar-refractivity contribution in [3.05, 3.63) is 119 Å². The summed E-state index contributed by atoms with van der Waals surface area (Å²) in [6.07, 6.45) is 4.83. The van der Waals surface area contributed by atoms with Gasteiger partial charge in [-0.25, -0.2) is 14.4 Å². The largest absolute Gasteiger partial charge is 0.480 e. The van der Waals surface area contributed by atoms with E-state index in [1.54, 1.807) is 0 Å². The predicted octanol–water partition coefficient (Wildman–Crippen LogP) is 13.7. The zero-order valence-corrected chi connectivity index (χ0v) is 64.1. The number of carboxylic acid groups (broad SMARTS) is 1. The molecule has 4 aromatic carbocycles. The maximum Gasteiger partial charge on any atom is 0.407 e. The van der Waals surface area contributed by atoms with Gasteiger partial charge in [-0.2, -0.15) is 0 Å². The number of rotatable bonds is 27. The quantitative estimate of drug-likeness (QED) is 0.0166. The average molecular weight is 1380 g/mol. The van der Waals surface area contributed by atoms with Gasteiger partial charge in [0.2, 0.25) is 5.91 Å². The number of carbonyl (C=O) groups is 4. The van der Waals surface area contributed by atoms with Crippen LogP contribution in [-0.4, -0.2) is 158 Å². The number of carbonyl (C=O) groups excluding carboxylic acids is 3. The molecule has 18 nitrogen and oxygen atoms in total. The standard InChI is InChI=1S/C34H50N2O6Si.C24H31NO5Si.C15H33NO3Si.C2H2/c1-9-34(21-41-34)30(37)28(18-22(2)3)35-31(38)29(20-42-43(7,8)33(4,5)6)36-32(39)40-19-27-25-16-12-10-14-23(25)24-15-11-13-17-26(24)27;1-24(2,3)31(4,5)30-15-21(22(26)27)25-23(28)29-14-20-18-12-8-6-10-16(18)17-11-7-9-13-19(17)20;1-11(2)8-12(16)13(17)15(9-18-15)10-19-20(6,7)14(3,4)5;1-2/h10-17,22,27-30,37H,9,18-21H2,1-8H3,(H,35,38)(H,36,39);6-13,20-21H,14-15H2,1-5H3,(H,25,28)(H,26,27);11-13,17H,8-10,16H2,1-7H3;1-2H/t28?,29-,30-,34+;21-;12?,13-,15-;/m000./s1/i;;;1D. The molecule has 8 atom stereocenters. The summed E-state index contributed by atoms with van der Waals surface area (Å²) in [5.41, 5.74) is 13.9. The number of epoxide rings is 2. The van der Waals surface area contributed by atoms with Gasteiger partial charge in [0.1, 0.15) is 44.0 Å². The minimum Gasteiger partial charge on any atom is -0.480 e. The van der Waals surface area contributed by atoms with Crippen LogP contribution in [0.3, 0.4) is 0 Å². The van der Waals surface area contributed by atoms with Crippen LogP contribution >= 0.6 is 0 Å². The van der Waals surface area contributed by atoms with Crippen LogP contribution < -0.4 is 21.7 Å². The number of nitrogens with two attached hydrogens (primary N) is 1. The van der Waals surface area contributed by atoms with Crippen molar-refractivity contribution < 1.29 is 68.1 Å². The van der Waals surface area contributed by atoms with Crippen molar-refractivity contribution in [1.82, 2.24) is 16.0 Å². The minimum atomic E-state index is -2.24. The maximum absolute atomic E-state index is 13.8. The molecule has 2 heterocycles. The van der Waals surface area contributed by atoms with Crippen LogP contribution in [0.1, 0.15) is 152 Å². The molecule has 2 saturated heterocycles. The lowest BCUT2D eigenvalue weighted by molar-refractivity contribution is -0.140. The highest BCUT2D eigenvalue weighted by Gasteiger charge is 2.56. The lowest BCUT2D eigenvalue weighted by Gasteiger charge is -2.38. The van der Waals surface area contributed by atoms with E-state index in [2.05, 4.69) is 161 Å². The van der Waals surface area contributed by atoms with Gasteiger partial charge in [0, 0.05) is 17.9 Å². The van der Waals surface area contributed by atoms with Gasteiger partial charge in [-0.1, -0.05) is 194 Å². The lowest BCUT2D eigenvalue weighted by Crippen LogP contribution is -2.58. The third-order valence-corrected chi connectivity index (χ3v) is 34.0. The number of aliphatic carboxylic acids is 1. The number of benzene rings is 4. The first kappa shape index (κ1) is 79.2. The topological polar surface area (TPSA) is 262 Å². The van der Waals surface area contributed by atoms with Crippen molar-refractivity contribution in [1.29, 1.82) is 0 Å². The van der Waals surface area contributed by atoms with Crippen molar-refractivity contribution in [3.63, 3.8) is 0 Å². The molecule has 4 aromatic rings. The Bertz CT molecular complexity index is 3200. The molecule has 0 bridgehead atoms. The Hall–Kier alpha value is -5.75. The normalized spacial score (nSPS) is 19.4. The Kier molecular flexibility index (Phi) is 27.6. The molecule has 96 heavy (non-hydrogen) atoms. The number of alkyl carbamates (subject to hydrolysis) is 2. The highest BCUT2D eigenvalue weighted by atomic mass is 28.4. The number of hydrogen-bond donors (Lipinski definition) is 7. The van der Waals surface area contributed by atoms with Gasteiger partial charge in [0.15, 0.2) is 31.0 Å². The van der Waals surface area contributed by atoms with Crippen LogP contribution in [0.2, 0.25) is 54.4 Å².